The van der Waals surface area contributed by atoms with E-state index in [0.717, 1.165) is 19.5 Å². The number of carbonyl (C=O) groups excluding carboxylic acids is 1. The lowest BCUT2D eigenvalue weighted by Crippen LogP contribution is -2.30. The van der Waals surface area contributed by atoms with Crippen molar-refractivity contribution in [3.8, 4) is 0 Å². The minimum atomic E-state index is -0.309. The summed E-state index contributed by atoms with van der Waals surface area (Å²) in [5.41, 5.74) is 1.75. The van der Waals surface area contributed by atoms with Crippen molar-refractivity contribution in [2.45, 2.75) is 25.7 Å². The van der Waals surface area contributed by atoms with Crippen LogP contribution in [0.3, 0.4) is 0 Å². The Labute approximate surface area is 147 Å². The molecule has 5 heteroatoms. The van der Waals surface area contributed by atoms with Crippen LogP contribution in [0.15, 0.2) is 43.0 Å². The summed E-state index contributed by atoms with van der Waals surface area (Å²) in [4.78, 5) is 22.9. The lowest BCUT2D eigenvalue weighted by molar-refractivity contribution is 0.0781. The quantitative estimate of drug-likeness (QED) is 0.861. The molecule has 2 aromatic rings. The highest BCUT2D eigenvalue weighted by atomic mass is 19.1. The van der Waals surface area contributed by atoms with Gasteiger partial charge in [0.25, 0.3) is 5.91 Å². The number of rotatable bonds is 3. The third-order valence-corrected chi connectivity index (χ3v) is 5.74. The first-order valence-electron chi connectivity index (χ1n) is 8.99. The Kier molecular flexibility index (Phi) is 4.47. The summed E-state index contributed by atoms with van der Waals surface area (Å²) in [6, 6.07) is 5.87. The minimum absolute atomic E-state index is 0.0243. The highest BCUT2D eigenvalue weighted by Crippen LogP contribution is 2.41. The van der Waals surface area contributed by atoms with E-state index in [1.54, 1.807) is 18.5 Å². The second kappa shape index (κ2) is 6.90. The Morgan fingerprint density at radius 1 is 1.12 bits per heavy atom. The smallest absolute Gasteiger partial charge is 0.253 e. The largest absolute Gasteiger partial charge is 0.338 e. The number of aromatic nitrogens is 2. The zero-order chi connectivity index (χ0) is 17.2. The van der Waals surface area contributed by atoms with Crippen LogP contribution in [-0.4, -0.2) is 33.9 Å². The molecule has 1 aliphatic carbocycles. The number of halogens is 1. The highest BCUT2D eigenvalue weighted by molar-refractivity contribution is 5.94. The van der Waals surface area contributed by atoms with Crippen LogP contribution in [0, 0.1) is 23.6 Å². The third-order valence-electron chi connectivity index (χ3n) is 5.74. The first kappa shape index (κ1) is 16.2. The van der Waals surface area contributed by atoms with E-state index in [2.05, 4.69) is 9.97 Å². The Morgan fingerprint density at radius 3 is 2.64 bits per heavy atom. The number of carbonyl (C=O) groups is 1. The van der Waals surface area contributed by atoms with Crippen molar-refractivity contribution < 1.29 is 9.18 Å². The summed E-state index contributed by atoms with van der Waals surface area (Å²) in [6.45, 7) is 1.63. The lowest BCUT2D eigenvalue weighted by Gasteiger charge is -2.32. The van der Waals surface area contributed by atoms with Crippen LogP contribution >= 0.6 is 0 Å². The van der Waals surface area contributed by atoms with Gasteiger partial charge in [-0.05, 0) is 66.8 Å². The maximum absolute atomic E-state index is 13.1. The predicted octanol–water partition coefficient (Wildman–Crippen LogP) is 3.35. The molecule has 1 aromatic heterocycles. The molecule has 0 bridgehead atoms. The van der Waals surface area contributed by atoms with Gasteiger partial charge in [-0.1, -0.05) is 6.42 Å². The van der Waals surface area contributed by atoms with Crippen LogP contribution in [0.25, 0.3) is 0 Å². The molecule has 2 aliphatic rings. The zero-order valence-electron chi connectivity index (χ0n) is 14.1. The third kappa shape index (κ3) is 3.41. The Hall–Kier alpha value is -2.30. The van der Waals surface area contributed by atoms with Gasteiger partial charge in [-0.25, -0.2) is 14.4 Å². The van der Waals surface area contributed by atoms with Crippen LogP contribution in [0.1, 0.15) is 35.2 Å². The molecule has 1 amide bonds. The van der Waals surface area contributed by atoms with E-state index in [1.165, 1.54) is 37.0 Å². The van der Waals surface area contributed by atoms with Gasteiger partial charge in [-0.2, -0.15) is 0 Å². The van der Waals surface area contributed by atoms with Crippen LogP contribution in [0.2, 0.25) is 0 Å². The summed E-state index contributed by atoms with van der Waals surface area (Å²) in [5.74, 6) is 1.41. The van der Waals surface area contributed by atoms with Crippen LogP contribution in [-0.2, 0) is 6.42 Å². The van der Waals surface area contributed by atoms with Gasteiger partial charge in [0.1, 0.15) is 12.1 Å². The standard InChI is InChI=1S/C20H22FN3O/c21-18-6-4-15(5-7-18)20(25)24-11-17-3-1-2-16(19(17)12-24)8-14-9-22-13-23-10-14/h4-7,9-10,13,16-17,19H,1-3,8,11-12H2/t16-,17-,19-/m1/s1. The number of hydrogen-bond donors (Lipinski definition) is 0. The van der Waals surface area contributed by atoms with Crippen LogP contribution < -0.4 is 0 Å². The van der Waals surface area contributed by atoms with E-state index in [9.17, 15) is 9.18 Å². The van der Waals surface area contributed by atoms with Gasteiger partial charge in [0, 0.05) is 31.0 Å². The van der Waals surface area contributed by atoms with Gasteiger partial charge in [-0.15, -0.1) is 0 Å². The second-order valence-electron chi connectivity index (χ2n) is 7.28. The van der Waals surface area contributed by atoms with Gasteiger partial charge in [0.15, 0.2) is 0 Å². The number of fused-ring (bicyclic) bond motifs is 1. The van der Waals surface area contributed by atoms with E-state index in [0.29, 0.717) is 23.3 Å². The Bertz CT molecular complexity index is 734. The molecular weight excluding hydrogens is 317 g/mol. The number of likely N-dealkylation sites (tertiary alicyclic amines) is 1. The molecule has 3 atom stereocenters. The van der Waals surface area contributed by atoms with Crippen molar-refractivity contribution in [1.82, 2.24) is 14.9 Å². The first-order valence-corrected chi connectivity index (χ1v) is 8.99. The molecule has 4 rings (SSSR count). The zero-order valence-corrected chi connectivity index (χ0v) is 14.1. The molecule has 1 aliphatic heterocycles. The molecular formula is C20H22FN3O. The summed E-state index contributed by atoms with van der Waals surface area (Å²) in [5, 5.41) is 0. The van der Waals surface area contributed by atoms with Gasteiger partial charge in [0.05, 0.1) is 0 Å². The predicted molar refractivity (Wildman–Crippen MR) is 92.4 cm³/mol. The highest BCUT2D eigenvalue weighted by Gasteiger charge is 2.41. The topological polar surface area (TPSA) is 46.1 Å². The maximum Gasteiger partial charge on any atom is 0.253 e. The Balaban J connectivity index is 1.47. The van der Waals surface area contributed by atoms with E-state index >= 15 is 0 Å². The summed E-state index contributed by atoms with van der Waals surface area (Å²) in [6.07, 6.45) is 9.96. The van der Waals surface area contributed by atoms with Crippen molar-refractivity contribution in [2.24, 2.45) is 17.8 Å². The molecule has 25 heavy (non-hydrogen) atoms. The molecule has 0 unspecified atom stereocenters. The molecule has 1 saturated carbocycles. The van der Waals surface area contributed by atoms with Crippen molar-refractivity contribution in [1.29, 1.82) is 0 Å². The molecule has 130 valence electrons. The van der Waals surface area contributed by atoms with E-state index in [1.807, 2.05) is 17.3 Å². The molecule has 2 fully saturated rings. The molecule has 1 saturated heterocycles. The molecule has 4 nitrogen and oxygen atoms in total. The summed E-state index contributed by atoms with van der Waals surface area (Å²) < 4.78 is 13.1. The number of benzene rings is 1. The maximum atomic E-state index is 13.1. The fourth-order valence-electron chi connectivity index (χ4n) is 4.52. The Morgan fingerprint density at radius 2 is 1.88 bits per heavy atom. The monoisotopic (exact) mass is 339 g/mol. The van der Waals surface area contributed by atoms with Crippen LogP contribution in [0.4, 0.5) is 4.39 Å². The van der Waals surface area contributed by atoms with Gasteiger partial charge in [-0.3, -0.25) is 4.79 Å². The number of nitrogens with zero attached hydrogens (tertiary/aromatic N) is 3. The first-order chi connectivity index (χ1) is 12.2. The fraction of sp³-hybridized carbons (Fsp3) is 0.450. The van der Waals surface area contributed by atoms with Gasteiger partial charge < -0.3 is 4.90 Å². The fourth-order valence-corrected chi connectivity index (χ4v) is 4.52. The van der Waals surface area contributed by atoms with Gasteiger partial charge in [0.2, 0.25) is 0 Å². The second-order valence-corrected chi connectivity index (χ2v) is 7.28. The SMILES string of the molecule is O=C(c1ccc(F)cc1)N1C[C@H]2CCC[C@H](Cc3cncnc3)[C@H]2C1. The van der Waals surface area contributed by atoms with E-state index in [4.69, 9.17) is 0 Å². The lowest BCUT2D eigenvalue weighted by atomic mass is 9.72. The average Bonchev–Trinajstić information content (AvgIpc) is 3.08. The van der Waals surface area contributed by atoms with Gasteiger partial charge >= 0.3 is 0 Å². The van der Waals surface area contributed by atoms with E-state index in [-0.39, 0.29) is 11.7 Å². The van der Waals surface area contributed by atoms with Crippen LogP contribution in [0.5, 0.6) is 0 Å². The van der Waals surface area contributed by atoms with Crippen molar-refractivity contribution in [2.75, 3.05) is 13.1 Å². The average molecular weight is 339 g/mol. The molecule has 0 radical (unpaired) electrons. The summed E-state index contributed by atoms with van der Waals surface area (Å²) in [7, 11) is 0. The minimum Gasteiger partial charge on any atom is -0.338 e. The van der Waals surface area contributed by atoms with Crippen molar-refractivity contribution >= 4 is 5.91 Å². The normalized spacial score (nSPS) is 25.6. The van der Waals surface area contributed by atoms with Crippen molar-refractivity contribution in [3.63, 3.8) is 0 Å². The molecule has 2 heterocycles. The molecule has 0 N–H and O–H groups in total. The molecule has 0 spiro atoms. The van der Waals surface area contributed by atoms with E-state index < -0.39 is 0 Å². The van der Waals surface area contributed by atoms with Crippen molar-refractivity contribution in [3.05, 3.63) is 59.9 Å². The molecule has 1 aromatic carbocycles. The number of amides is 1. The number of hydrogen-bond acceptors (Lipinski definition) is 3. The summed E-state index contributed by atoms with van der Waals surface area (Å²) >= 11 is 0.